The summed E-state index contributed by atoms with van der Waals surface area (Å²) in [6, 6.07) is 61.9. The number of carbonyl (C=O) groups is 1. The third-order valence-corrected chi connectivity index (χ3v) is 9.27. The highest BCUT2D eigenvalue weighted by Gasteiger charge is 2.39. The number of hydrogen-bond donors (Lipinski definition) is 3. The molecule has 0 aliphatic heterocycles. The number of carbonyl (C=O) groups excluding carboxylic acids is 1. The van der Waals surface area contributed by atoms with Crippen LogP contribution in [0.3, 0.4) is 0 Å². The Kier molecular flexibility index (Phi) is 9.36. The fourth-order valence-electron chi connectivity index (χ4n) is 6.91. The largest absolute Gasteiger partial charge is 0.351 e. The average Bonchev–Trinajstić information content (AvgIpc) is 3.53. The number of nitrogens with one attached hydrogen (secondary N) is 3. The van der Waals surface area contributed by atoms with Crippen LogP contribution in [0.4, 0.5) is 11.5 Å². The molecule has 246 valence electrons. The van der Waals surface area contributed by atoms with Crippen LogP contribution in [0.5, 0.6) is 0 Å². The van der Waals surface area contributed by atoms with E-state index in [-0.39, 0.29) is 12.5 Å². The SMILES string of the molecule is Cn1ncc(NC(=O)CNC(c2ccccc2)(c2ccccc2)c2ccccc2)c1NC(c1ccccc1)(c1ccccc1)c1ccccc1. The lowest BCUT2D eigenvalue weighted by Crippen LogP contribution is -2.47. The molecule has 7 aromatic rings. The molecule has 6 aromatic carbocycles. The van der Waals surface area contributed by atoms with Gasteiger partial charge in [0.2, 0.25) is 5.91 Å². The van der Waals surface area contributed by atoms with E-state index in [0.29, 0.717) is 11.5 Å². The normalized spacial score (nSPS) is 11.5. The van der Waals surface area contributed by atoms with Gasteiger partial charge in [-0.25, -0.2) is 0 Å². The van der Waals surface area contributed by atoms with E-state index in [4.69, 9.17) is 0 Å². The number of benzene rings is 6. The molecular weight excluding hydrogens is 615 g/mol. The summed E-state index contributed by atoms with van der Waals surface area (Å²) in [7, 11) is 1.88. The molecule has 7 rings (SSSR count). The van der Waals surface area contributed by atoms with Gasteiger partial charge >= 0.3 is 0 Å². The molecule has 0 radical (unpaired) electrons. The molecule has 1 aromatic heterocycles. The minimum atomic E-state index is -0.793. The molecule has 0 spiro atoms. The number of rotatable bonds is 12. The van der Waals surface area contributed by atoms with E-state index in [0.717, 1.165) is 33.4 Å². The maximum atomic E-state index is 14.1. The first-order chi connectivity index (χ1) is 24.6. The zero-order valence-corrected chi connectivity index (χ0v) is 27.9. The molecule has 1 heterocycles. The Morgan fingerprint density at radius 3 is 1.18 bits per heavy atom. The predicted molar refractivity (Wildman–Crippen MR) is 202 cm³/mol. The van der Waals surface area contributed by atoms with Crippen molar-refractivity contribution in [1.29, 1.82) is 0 Å². The first-order valence-corrected chi connectivity index (χ1v) is 16.8. The third kappa shape index (κ3) is 6.20. The highest BCUT2D eigenvalue weighted by molar-refractivity contribution is 5.95. The molecule has 0 atom stereocenters. The van der Waals surface area contributed by atoms with E-state index >= 15 is 0 Å². The van der Waals surface area contributed by atoms with Crippen molar-refractivity contribution >= 4 is 17.4 Å². The molecule has 0 unspecified atom stereocenters. The summed E-state index contributed by atoms with van der Waals surface area (Å²) in [5, 5.41) is 15.4. The molecule has 6 nitrogen and oxygen atoms in total. The fourth-order valence-corrected chi connectivity index (χ4v) is 6.91. The van der Waals surface area contributed by atoms with E-state index in [2.05, 4.69) is 93.8 Å². The lowest BCUT2D eigenvalue weighted by molar-refractivity contribution is -0.115. The lowest BCUT2D eigenvalue weighted by Gasteiger charge is -2.38. The molecule has 0 aliphatic rings. The number of aromatic nitrogens is 2. The monoisotopic (exact) mass is 653 g/mol. The van der Waals surface area contributed by atoms with E-state index in [9.17, 15) is 4.79 Å². The van der Waals surface area contributed by atoms with E-state index in [1.807, 2.05) is 116 Å². The van der Waals surface area contributed by atoms with Crippen molar-refractivity contribution in [3.05, 3.63) is 222 Å². The zero-order chi connectivity index (χ0) is 34.2. The summed E-state index contributed by atoms with van der Waals surface area (Å²) >= 11 is 0. The summed E-state index contributed by atoms with van der Waals surface area (Å²) in [5.41, 5.74) is 5.27. The van der Waals surface area contributed by atoms with Gasteiger partial charge in [0.05, 0.1) is 18.3 Å². The van der Waals surface area contributed by atoms with Crippen molar-refractivity contribution in [3.63, 3.8) is 0 Å². The molecular formula is C44H39N5O. The maximum absolute atomic E-state index is 14.1. The molecule has 0 saturated heterocycles. The van der Waals surface area contributed by atoms with Crippen molar-refractivity contribution in [1.82, 2.24) is 15.1 Å². The number of aryl methyl sites for hydroxylation is 1. The van der Waals surface area contributed by atoms with Gasteiger partial charge in [-0.15, -0.1) is 0 Å². The predicted octanol–water partition coefficient (Wildman–Crippen LogP) is 8.34. The molecule has 50 heavy (non-hydrogen) atoms. The summed E-state index contributed by atoms with van der Waals surface area (Å²) in [6.45, 7) is 0.0359. The van der Waals surface area contributed by atoms with Gasteiger partial charge in [-0.2, -0.15) is 5.10 Å². The van der Waals surface area contributed by atoms with Gasteiger partial charge in [-0.05, 0) is 33.4 Å². The van der Waals surface area contributed by atoms with Gasteiger partial charge in [0.15, 0.2) is 0 Å². The molecule has 0 fully saturated rings. The van der Waals surface area contributed by atoms with Crippen LogP contribution < -0.4 is 16.0 Å². The fraction of sp³-hybridized carbons (Fsp3) is 0.0909. The van der Waals surface area contributed by atoms with Crippen LogP contribution in [0.2, 0.25) is 0 Å². The van der Waals surface area contributed by atoms with Crippen molar-refractivity contribution in [2.45, 2.75) is 11.1 Å². The second kappa shape index (κ2) is 14.5. The smallest absolute Gasteiger partial charge is 0.238 e. The van der Waals surface area contributed by atoms with Gasteiger partial charge in [-0.1, -0.05) is 182 Å². The summed E-state index contributed by atoms with van der Waals surface area (Å²) in [4.78, 5) is 14.1. The molecule has 1 amide bonds. The van der Waals surface area contributed by atoms with Gasteiger partial charge < -0.3 is 10.6 Å². The van der Waals surface area contributed by atoms with Crippen LogP contribution in [0.1, 0.15) is 33.4 Å². The zero-order valence-electron chi connectivity index (χ0n) is 27.9. The van der Waals surface area contributed by atoms with Crippen molar-refractivity contribution in [3.8, 4) is 0 Å². The van der Waals surface area contributed by atoms with Crippen LogP contribution in [0.25, 0.3) is 0 Å². The molecule has 0 bridgehead atoms. The molecule has 0 saturated carbocycles. The van der Waals surface area contributed by atoms with Gasteiger partial charge in [0, 0.05) is 7.05 Å². The first kappa shape index (κ1) is 32.3. The van der Waals surface area contributed by atoms with E-state index < -0.39 is 11.1 Å². The van der Waals surface area contributed by atoms with Gasteiger partial charge in [-0.3, -0.25) is 14.8 Å². The summed E-state index contributed by atoms with van der Waals surface area (Å²) in [6.07, 6.45) is 1.70. The standard InChI is InChI=1S/C44H39N5O/c1-49-42(48-44(37-26-14-5-15-27-37,38-28-16-6-17-29-38)39-30-18-7-19-31-39)40(32-46-49)47-41(50)33-45-43(34-20-8-2-9-21-34,35-22-10-3-11-23-35)36-24-12-4-13-25-36/h2-32,45,48H,33H2,1H3,(H,47,50). The van der Waals surface area contributed by atoms with E-state index in [1.165, 1.54) is 0 Å². The Hall–Kier alpha value is -6.24. The minimum Gasteiger partial charge on any atom is -0.351 e. The molecule has 6 heteroatoms. The second-order valence-electron chi connectivity index (χ2n) is 12.3. The quantitative estimate of drug-likeness (QED) is 0.116. The van der Waals surface area contributed by atoms with E-state index in [1.54, 1.807) is 10.9 Å². The van der Waals surface area contributed by atoms with Crippen molar-refractivity contribution in [2.24, 2.45) is 7.05 Å². The topological polar surface area (TPSA) is 71.0 Å². The third-order valence-electron chi connectivity index (χ3n) is 9.27. The van der Waals surface area contributed by atoms with Gasteiger partial charge in [0.25, 0.3) is 0 Å². The number of hydrogen-bond acceptors (Lipinski definition) is 4. The van der Waals surface area contributed by atoms with Gasteiger partial charge in [0.1, 0.15) is 17.0 Å². The average molecular weight is 654 g/mol. The number of amides is 1. The number of anilines is 2. The first-order valence-electron chi connectivity index (χ1n) is 16.8. The Morgan fingerprint density at radius 2 is 0.840 bits per heavy atom. The minimum absolute atomic E-state index is 0.0359. The van der Waals surface area contributed by atoms with Crippen molar-refractivity contribution < 1.29 is 4.79 Å². The van der Waals surface area contributed by atoms with Crippen molar-refractivity contribution in [2.75, 3.05) is 17.2 Å². The maximum Gasteiger partial charge on any atom is 0.238 e. The second-order valence-corrected chi connectivity index (χ2v) is 12.3. The Morgan fingerprint density at radius 1 is 0.520 bits per heavy atom. The lowest BCUT2D eigenvalue weighted by atomic mass is 9.77. The highest BCUT2D eigenvalue weighted by Crippen LogP contribution is 2.42. The molecule has 0 aliphatic carbocycles. The Bertz CT molecular complexity index is 1930. The van der Waals surface area contributed by atoms with Crippen LogP contribution in [0, 0.1) is 0 Å². The summed E-state index contributed by atoms with van der Waals surface area (Å²) < 4.78 is 1.77. The number of nitrogens with zero attached hydrogens (tertiary/aromatic N) is 2. The molecule has 3 N–H and O–H groups in total. The van der Waals surface area contributed by atoms with Crippen LogP contribution in [-0.2, 0) is 22.9 Å². The van der Waals surface area contributed by atoms with Crippen LogP contribution in [-0.4, -0.2) is 22.2 Å². The Balaban J connectivity index is 1.25. The highest BCUT2D eigenvalue weighted by atomic mass is 16.2. The summed E-state index contributed by atoms with van der Waals surface area (Å²) in [5.74, 6) is 0.480. The van der Waals surface area contributed by atoms with Crippen LogP contribution in [0.15, 0.2) is 188 Å². The Labute approximate surface area is 293 Å². The van der Waals surface area contributed by atoms with Crippen LogP contribution >= 0.6 is 0 Å².